The number of hydrogen-bond donors (Lipinski definition) is 2. The average Bonchev–Trinajstić information content (AvgIpc) is 3.36. The Labute approximate surface area is 160 Å². The number of carbonyl (C=O) groups excluding carboxylic acids is 1. The van der Waals surface area contributed by atoms with Crippen molar-refractivity contribution in [2.24, 2.45) is 0 Å². The van der Waals surface area contributed by atoms with Gasteiger partial charge in [-0.1, -0.05) is 0 Å². The van der Waals surface area contributed by atoms with Crippen LogP contribution in [0.1, 0.15) is 40.4 Å². The van der Waals surface area contributed by atoms with Gasteiger partial charge in [0.25, 0.3) is 5.91 Å². The number of nitrogens with one attached hydrogen (secondary N) is 2. The highest BCUT2D eigenvalue weighted by Gasteiger charge is 2.27. The van der Waals surface area contributed by atoms with Gasteiger partial charge in [0.15, 0.2) is 5.69 Å². The monoisotopic (exact) mass is 383 g/mol. The van der Waals surface area contributed by atoms with Gasteiger partial charge < -0.3 is 9.88 Å². The smallest absolute Gasteiger partial charge is 0.272 e. The molecule has 1 unspecified atom stereocenters. The van der Waals surface area contributed by atoms with Crippen LogP contribution in [0.3, 0.4) is 0 Å². The lowest BCUT2D eigenvalue weighted by Crippen LogP contribution is -2.41. The second kappa shape index (κ2) is 6.54. The summed E-state index contributed by atoms with van der Waals surface area (Å²) in [5.74, 6) is -0.562. The predicted molar refractivity (Wildman–Crippen MR) is 97.8 cm³/mol. The molecule has 28 heavy (non-hydrogen) atoms. The van der Waals surface area contributed by atoms with E-state index in [-0.39, 0.29) is 17.5 Å². The fourth-order valence-electron chi connectivity index (χ4n) is 4.15. The van der Waals surface area contributed by atoms with Gasteiger partial charge in [0, 0.05) is 48.1 Å². The van der Waals surface area contributed by atoms with E-state index in [1.807, 2.05) is 4.57 Å². The predicted octanol–water partition coefficient (Wildman–Crippen LogP) is 2.78. The summed E-state index contributed by atoms with van der Waals surface area (Å²) < 4.78 is 29.1. The van der Waals surface area contributed by atoms with Gasteiger partial charge in [0.1, 0.15) is 17.5 Å². The fourth-order valence-corrected chi connectivity index (χ4v) is 4.15. The van der Waals surface area contributed by atoms with Gasteiger partial charge in [0.2, 0.25) is 0 Å². The number of amides is 1. The van der Waals surface area contributed by atoms with E-state index in [1.165, 1.54) is 12.1 Å². The molecule has 1 aliphatic carbocycles. The second-order valence-corrected chi connectivity index (χ2v) is 7.41. The molecule has 2 aliphatic rings. The summed E-state index contributed by atoms with van der Waals surface area (Å²) in [6.07, 6.45) is 6.07. The zero-order valence-electron chi connectivity index (χ0n) is 15.1. The van der Waals surface area contributed by atoms with E-state index in [4.69, 9.17) is 0 Å². The molecule has 8 heteroatoms. The van der Waals surface area contributed by atoms with Crippen LogP contribution in [-0.4, -0.2) is 31.7 Å². The first-order chi connectivity index (χ1) is 13.6. The van der Waals surface area contributed by atoms with E-state index in [1.54, 1.807) is 6.20 Å². The lowest BCUT2D eigenvalue weighted by molar-refractivity contribution is 0.0921. The molecule has 0 spiro atoms. The van der Waals surface area contributed by atoms with Crippen molar-refractivity contribution < 1.29 is 13.6 Å². The van der Waals surface area contributed by atoms with Crippen LogP contribution in [0.2, 0.25) is 0 Å². The standard InChI is InChI=1S/C20H19F2N5O/c21-11-4-6-13(15(22)8-11)17-10-27-9-12(5-7-18(27)24-17)23-20(28)19-14-2-1-3-16(14)25-26-19/h4,6,8,10,12H,1-3,5,7,9H2,(H,23,28)(H,25,26). The Morgan fingerprint density at radius 1 is 1.25 bits per heavy atom. The molecule has 3 heterocycles. The summed E-state index contributed by atoms with van der Waals surface area (Å²) in [6.45, 7) is 0.559. The number of rotatable bonds is 3. The summed E-state index contributed by atoms with van der Waals surface area (Å²) in [5, 5.41) is 10.2. The first-order valence-corrected chi connectivity index (χ1v) is 9.47. The van der Waals surface area contributed by atoms with E-state index in [0.29, 0.717) is 24.4 Å². The number of aromatic nitrogens is 4. The summed E-state index contributed by atoms with van der Waals surface area (Å²) in [5.41, 5.74) is 3.35. The number of halogens is 2. The zero-order valence-corrected chi connectivity index (χ0v) is 15.1. The number of imidazole rings is 1. The van der Waals surface area contributed by atoms with E-state index >= 15 is 0 Å². The molecule has 3 aromatic rings. The van der Waals surface area contributed by atoms with E-state index in [2.05, 4.69) is 20.5 Å². The lowest BCUT2D eigenvalue weighted by atomic mass is 10.1. The molecule has 144 valence electrons. The highest BCUT2D eigenvalue weighted by atomic mass is 19.1. The van der Waals surface area contributed by atoms with Crippen molar-refractivity contribution in [1.29, 1.82) is 0 Å². The third kappa shape index (κ3) is 2.89. The Balaban J connectivity index is 1.33. The molecule has 2 N–H and O–H groups in total. The molecule has 2 aromatic heterocycles. The minimum atomic E-state index is -0.632. The number of H-pyrrole nitrogens is 1. The minimum absolute atomic E-state index is 0.0473. The number of fused-ring (bicyclic) bond motifs is 2. The van der Waals surface area contributed by atoms with Crippen molar-refractivity contribution >= 4 is 5.91 Å². The number of benzene rings is 1. The van der Waals surface area contributed by atoms with Crippen molar-refractivity contribution in [3.8, 4) is 11.3 Å². The van der Waals surface area contributed by atoms with E-state index in [9.17, 15) is 13.6 Å². The summed E-state index contributed by atoms with van der Waals surface area (Å²) >= 11 is 0. The van der Waals surface area contributed by atoms with Crippen LogP contribution >= 0.6 is 0 Å². The molecule has 1 aromatic carbocycles. The molecule has 0 radical (unpaired) electrons. The van der Waals surface area contributed by atoms with Crippen molar-refractivity contribution in [3.05, 3.63) is 58.8 Å². The topological polar surface area (TPSA) is 75.6 Å². The van der Waals surface area contributed by atoms with Crippen molar-refractivity contribution in [3.63, 3.8) is 0 Å². The number of aromatic amines is 1. The third-order valence-corrected chi connectivity index (χ3v) is 5.56. The Kier molecular flexibility index (Phi) is 3.99. The molecule has 6 nitrogen and oxygen atoms in total. The Morgan fingerprint density at radius 3 is 3.00 bits per heavy atom. The summed E-state index contributed by atoms with van der Waals surface area (Å²) in [7, 11) is 0. The van der Waals surface area contributed by atoms with Gasteiger partial charge in [-0.25, -0.2) is 13.8 Å². The highest BCUT2D eigenvalue weighted by Crippen LogP contribution is 2.26. The molecule has 1 amide bonds. The Bertz CT molecular complexity index is 1070. The molecule has 0 saturated carbocycles. The lowest BCUT2D eigenvalue weighted by Gasteiger charge is -2.24. The maximum atomic E-state index is 14.1. The summed E-state index contributed by atoms with van der Waals surface area (Å²) in [6, 6.07) is 3.44. The number of nitrogens with zero attached hydrogens (tertiary/aromatic N) is 3. The van der Waals surface area contributed by atoms with Crippen LogP contribution < -0.4 is 5.32 Å². The van der Waals surface area contributed by atoms with Gasteiger partial charge >= 0.3 is 0 Å². The molecule has 0 fully saturated rings. The zero-order chi connectivity index (χ0) is 19.3. The van der Waals surface area contributed by atoms with Crippen molar-refractivity contribution in [2.45, 2.75) is 44.7 Å². The Hall–Kier alpha value is -3.03. The van der Waals surface area contributed by atoms with Crippen LogP contribution in [0.4, 0.5) is 8.78 Å². The molecular weight excluding hydrogens is 364 g/mol. The van der Waals surface area contributed by atoms with Crippen LogP contribution in [0.25, 0.3) is 11.3 Å². The van der Waals surface area contributed by atoms with Gasteiger partial charge in [-0.2, -0.15) is 5.10 Å². The SMILES string of the molecule is O=C(NC1CCc2nc(-c3ccc(F)cc3F)cn2C1)c1n[nH]c2c1CCC2. The minimum Gasteiger partial charge on any atom is -0.346 e. The molecule has 0 saturated heterocycles. The molecular formula is C20H19F2N5O. The largest absolute Gasteiger partial charge is 0.346 e. The number of hydrogen-bond acceptors (Lipinski definition) is 3. The van der Waals surface area contributed by atoms with E-state index in [0.717, 1.165) is 48.8 Å². The van der Waals surface area contributed by atoms with Crippen LogP contribution in [0.15, 0.2) is 24.4 Å². The van der Waals surface area contributed by atoms with Crippen LogP contribution in [-0.2, 0) is 25.8 Å². The highest BCUT2D eigenvalue weighted by molar-refractivity contribution is 5.94. The van der Waals surface area contributed by atoms with Gasteiger partial charge in [-0.3, -0.25) is 9.89 Å². The average molecular weight is 383 g/mol. The normalized spacial score (nSPS) is 18.0. The Morgan fingerprint density at radius 2 is 2.14 bits per heavy atom. The fraction of sp³-hybridized carbons (Fsp3) is 0.350. The van der Waals surface area contributed by atoms with Crippen molar-refractivity contribution in [1.82, 2.24) is 25.1 Å². The van der Waals surface area contributed by atoms with Crippen molar-refractivity contribution in [2.75, 3.05) is 0 Å². The number of aryl methyl sites for hydroxylation is 2. The quantitative estimate of drug-likeness (QED) is 0.730. The van der Waals surface area contributed by atoms with E-state index < -0.39 is 11.6 Å². The third-order valence-electron chi connectivity index (χ3n) is 5.56. The van der Waals surface area contributed by atoms with Crippen LogP contribution in [0, 0.1) is 11.6 Å². The van der Waals surface area contributed by atoms with Gasteiger partial charge in [-0.05, 0) is 37.8 Å². The number of carbonyl (C=O) groups is 1. The molecule has 1 aliphatic heterocycles. The second-order valence-electron chi connectivity index (χ2n) is 7.41. The van der Waals surface area contributed by atoms with Crippen LogP contribution in [0.5, 0.6) is 0 Å². The van der Waals surface area contributed by atoms with Gasteiger partial charge in [0.05, 0.1) is 5.69 Å². The first-order valence-electron chi connectivity index (χ1n) is 9.47. The molecule has 1 atom stereocenters. The maximum Gasteiger partial charge on any atom is 0.272 e. The first kappa shape index (κ1) is 17.1. The summed E-state index contributed by atoms with van der Waals surface area (Å²) in [4.78, 5) is 17.1. The molecule has 0 bridgehead atoms. The maximum absolute atomic E-state index is 14.1. The van der Waals surface area contributed by atoms with Gasteiger partial charge in [-0.15, -0.1) is 0 Å². The molecule has 5 rings (SSSR count).